The molecule has 0 atom stereocenters. The van der Waals surface area contributed by atoms with Crippen molar-refractivity contribution in [3.8, 4) is 0 Å². The SMILES string of the molecule is CC(C)c1[c-]cccn1.[Ru+]. The molecule has 0 amide bonds. The predicted octanol–water partition coefficient (Wildman–Crippen LogP) is 2.00. The summed E-state index contributed by atoms with van der Waals surface area (Å²) in [5.41, 5.74) is 1.04. The van der Waals surface area contributed by atoms with E-state index in [0.29, 0.717) is 5.92 Å². The Balaban J connectivity index is 0.000000810. The number of aromatic nitrogens is 1. The second-order valence-electron chi connectivity index (χ2n) is 2.32. The normalized spacial score (nSPS) is 9.10. The van der Waals surface area contributed by atoms with E-state index < -0.39 is 0 Å². The Morgan fingerprint density at radius 1 is 1.50 bits per heavy atom. The van der Waals surface area contributed by atoms with Crippen molar-refractivity contribution in [1.29, 1.82) is 0 Å². The molecule has 0 fully saturated rings. The van der Waals surface area contributed by atoms with E-state index in [-0.39, 0.29) is 19.5 Å². The van der Waals surface area contributed by atoms with Gasteiger partial charge < -0.3 is 4.98 Å². The fourth-order valence-electron chi connectivity index (χ4n) is 0.653. The molecule has 0 saturated carbocycles. The van der Waals surface area contributed by atoms with E-state index in [9.17, 15) is 0 Å². The van der Waals surface area contributed by atoms with Crippen LogP contribution in [-0.2, 0) is 19.5 Å². The molecule has 1 aromatic heterocycles. The minimum absolute atomic E-state index is 0. The van der Waals surface area contributed by atoms with E-state index in [1.165, 1.54) is 0 Å². The average Bonchev–Trinajstić information content (AvgIpc) is 1.90. The van der Waals surface area contributed by atoms with Crippen LogP contribution in [0.2, 0.25) is 0 Å². The number of rotatable bonds is 1. The standard InChI is InChI=1S/C8H10N.Ru/c1-7(2)8-5-3-4-6-9-8;/h3-4,6-7H,1-2H3;/q-1;+1. The van der Waals surface area contributed by atoms with Crippen molar-refractivity contribution in [2.24, 2.45) is 0 Å². The van der Waals surface area contributed by atoms with Crippen LogP contribution < -0.4 is 0 Å². The Hall–Kier alpha value is -0.227. The van der Waals surface area contributed by atoms with Crippen molar-refractivity contribution >= 4 is 0 Å². The van der Waals surface area contributed by atoms with E-state index in [2.05, 4.69) is 24.9 Å². The zero-order chi connectivity index (χ0) is 6.69. The third-order valence-electron chi connectivity index (χ3n) is 1.17. The van der Waals surface area contributed by atoms with Crippen LogP contribution in [0, 0.1) is 6.07 Å². The first-order valence-electron chi connectivity index (χ1n) is 3.13. The van der Waals surface area contributed by atoms with Gasteiger partial charge in [0.2, 0.25) is 0 Å². The summed E-state index contributed by atoms with van der Waals surface area (Å²) in [6, 6.07) is 6.83. The Bertz CT molecular complexity index is 172. The Labute approximate surface area is 74.6 Å². The second kappa shape index (κ2) is 4.57. The molecule has 0 N–H and O–H groups in total. The fourth-order valence-corrected chi connectivity index (χ4v) is 0.653. The predicted molar refractivity (Wildman–Crippen MR) is 37.2 cm³/mol. The number of hydrogen-bond donors (Lipinski definition) is 0. The monoisotopic (exact) mass is 222 g/mol. The summed E-state index contributed by atoms with van der Waals surface area (Å²) < 4.78 is 0. The summed E-state index contributed by atoms with van der Waals surface area (Å²) in [5, 5.41) is 0. The van der Waals surface area contributed by atoms with Gasteiger partial charge in [-0.1, -0.05) is 20.0 Å². The molecule has 1 aromatic rings. The van der Waals surface area contributed by atoms with Gasteiger partial charge in [-0.25, -0.2) is 12.1 Å². The van der Waals surface area contributed by atoms with Crippen LogP contribution in [0.5, 0.6) is 0 Å². The van der Waals surface area contributed by atoms with Crippen LogP contribution in [0.1, 0.15) is 25.5 Å². The number of nitrogens with zero attached hydrogens (tertiary/aromatic N) is 1. The van der Waals surface area contributed by atoms with Crippen molar-refractivity contribution in [3.05, 3.63) is 30.1 Å². The molecule has 0 bridgehead atoms. The minimum Gasteiger partial charge on any atom is -0.300 e. The molecule has 0 unspecified atom stereocenters. The van der Waals surface area contributed by atoms with Gasteiger partial charge in [0.15, 0.2) is 0 Å². The maximum absolute atomic E-state index is 4.12. The van der Waals surface area contributed by atoms with Crippen molar-refractivity contribution < 1.29 is 19.5 Å². The summed E-state index contributed by atoms with van der Waals surface area (Å²) >= 11 is 0. The molecular formula is C8H10NRu. The van der Waals surface area contributed by atoms with Gasteiger partial charge in [0, 0.05) is 0 Å². The van der Waals surface area contributed by atoms with Crippen LogP contribution in [0.25, 0.3) is 0 Å². The van der Waals surface area contributed by atoms with Crippen LogP contribution in [0.15, 0.2) is 18.3 Å². The fraction of sp³-hybridized carbons (Fsp3) is 0.375. The third kappa shape index (κ3) is 2.57. The molecule has 10 heavy (non-hydrogen) atoms. The summed E-state index contributed by atoms with van der Waals surface area (Å²) in [6.45, 7) is 4.22. The molecule has 0 spiro atoms. The summed E-state index contributed by atoms with van der Waals surface area (Å²) in [6.07, 6.45) is 1.80. The van der Waals surface area contributed by atoms with Crippen LogP contribution in [0.3, 0.4) is 0 Å². The minimum atomic E-state index is 0. The maximum Gasteiger partial charge on any atom is 1.00 e. The first-order valence-corrected chi connectivity index (χ1v) is 3.13. The average molecular weight is 221 g/mol. The van der Waals surface area contributed by atoms with Crippen molar-refractivity contribution in [2.75, 3.05) is 0 Å². The second-order valence-corrected chi connectivity index (χ2v) is 2.32. The van der Waals surface area contributed by atoms with E-state index in [1.54, 1.807) is 6.20 Å². The topological polar surface area (TPSA) is 12.9 Å². The molecule has 1 nitrogen and oxygen atoms in total. The molecule has 0 aliphatic rings. The Morgan fingerprint density at radius 2 is 2.20 bits per heavy atom. The number of pyridine rings is 1. The largest absolute Gasteiger partial charge is 1.00 e. The quantitative estimate of drug-likeness (QED) is 0.522. The van der Waals surface area contributed by atoms with Gasteiger partial charge >= 0.3 is 19.5 Å². The third-order valence-corrected chi connectivity index (χ3v) is 1.17. The molecule has 0 aromatic carbocycles. The van der Waals surface area contributed by atoms with E-state index in [0.717, 1.165) is 5.69 Å². The zero-order valence-electron chi connectivity index (χ0n) is 6.11. The van der Waals surface area contributed by atoms with Gasteiger partial charge in [0.25, 0.3) is 0 Å². The van der Waals surface area contributed by atoms with Gasteiger partial charge in [0.1, 0.15) is 0 Å². The van der Waals surface area contributed by atoms with Gasteiger partial charge in [-0.15, -0.1) is 0 Å². The van der Waals surface area contributed by atoms with Crippen LogP contribution in [-0.4, -0.2) is 4.98 Å². The van der Waals surface area contributed by atoms with E-state index in [1.807, 2.05) is 12.1 Å². The van der Waals surface area contributed by atoms with Crippen molar-refractivity contribution in [2.45, 2.75) is 19.8 Å². The molecular weight excluding hydrogens is 211 g/mol. The first-order chi connectivity index (χ1) is 4.30. The summed E-state index contributed by atoms with van der Waals surface area (Å²) in [5.74, 6) is 0.492. The summed E-state index contributed by atoms with van der Waals surface area (Å²) in [4.78, 5) is 4.12. The Kier molecular flexibility index (Phi) is 4.46. The smallest absolute Gasteiger partial charge is 0.300 e. The van der Waals surface area contributed by atoms with Gasteiger partial charge in [-0.2, -0.15) is 6.07 Å². The van der Waals surface area contributed by atoms with Crippen LogP contribution in [0.4, 0.5) is 0 Å². The van der Waals surface area contributed by atoms with E-state index in [4.69, 9.17) is 0 Å². The molecule has 1 heterocycles. The van der Waals surface area contributed by atoms with Crippen LogP contribution >= 0.6 is 0 Å². The zero-order valence-corrected chi connectivity index (χ0v) is 7.85. The molecule has 0 aliphatic carbocycles. The number of hydrogen-bond acceptors (Lipinski definition) is 1. The molecule has 1 radical (unpaired) electrons. The van der Waals surface area contributed by atoms with Gasteiger partial charge in [-0.3, -0.25) is 0 Å². The molecule has 2 heteroatoms. The van der Waals surface area contributed by atoms with E-state index >= 15 is 0 Å². The molecule has 0 aliphatic heterocycles. The summed E-state index contributed by atoms with van der Waals surface area (Å²) in [7, 11) is 0. The molecule has 1 rings (SSSR count). The van der Waals surface area contributed by atoms with Crippen molar-refractivity contribution in [1.82, 2.24) is 4.98 Å². The van der Waals surface area contributed by atoms with Crippen molar-refractivity contribution in [3.63, 3.8) is 0 Å². The molecule has 55 valence electrons. The Morgan fingerprint density at radius 3 is 2.50 bits per heavy atom. The van der Waals surface area contributed by atoms with Gasteiger partial charge in [-0.05, 0) is 11.6 Å². The molecule has 0 saturated heterocycles. The maximum atomic E-state index is 4.12. The first kappa shape index (κ1) is 9.77. The van der Waals surface area contributed by atoms with Gasteiger partial charge in [0.05, 0.1) is 0 Å².